The van der Waals surface area contributed by atoms with Crippen LogP contribution in [0.25, 0.3) is 0 Å². The summed E-state index contributed by atoms with van der Waals surface area (Å²) in [5, 5.41) is 3.06. The third-order valence-electron chi connectivity index (χ3n) is 4.01. The summed E-state index contributed by atoms with van der Waals surface area (Å²) in [6, 6.07) is 1.03. The van der Waals surface area contributed by atoms with E-state index in [0.29, 0.717) is 0 Å². The number of nitrogens with two attached hydrogens (primary N) is 1. The van der Waals surface area contributed by atoms with Crippen LogP contribution >= 0.6 is 0 Å². The van der Waals surface area contributed by atoms with E-state index >= 15 is 0 Å². The van der Waals surface area contributed by atoms with Gasteiger partial charge in [-0.1, -0.05) is 6.92 Å². The Labute approximate surface area is 104 Å². The van der Waals surface area contributed by atoms with Gasteiger partial charge in [-0.25, -0.2) is 0 Å². The van der Waals surface area contributed by atoms with Gasteiger partial charge in [-0.05, 0) is 38.6 Å². The molecule has 2 fully saturated rings. The van der Waals surface area contributed by atoms with Crippen LogP contribution in [0.3, 0.4) is 0 Å². The highest BCUT2D eigenvalue weighted by Crippen LogP contribution is 2.26. The Balaban J connectivity index is 1.62. The second-order valence-electron chi connectivity index (χ2n) is 5.42. The summed E-state index contributed by atoms with van der Waals surface area (Å²) < 4.78 is 0. The lowest BCUT2D eigenvalue weighted by molar-refractivity contribution is -0.124. The van der Waals surface area contributed by atoms with Gasteiger partial charge in [0, 0.05) is 31.1 Å². The van der Waals surface area contributed by atoms with Gasteiger partial charge in [0.1, 0.15) is 0 Å². The SMILES string of the molecule is CCN(CCNC(=O)C1CCC(N)C1)C1CC1. The Morgan fingerprint density at radius 1 is 1.35 bits per heavy atom. The summed E-state index contributed by atoms with van der Waals surface area (Å²) in [6.45, 7) is 5.06. The highest BCUT2D eigenvalue weighted by atomic mass is 16.1. The standard InChI is InChI=1S/C13H25N3O/c1-2-16(12-5-6-12)8-7-15-13(17)10-3-4-11(14)9-10/h10-12H,2-9,14H2,1H3,(H,15,17). The van der Waals surface area contributed by atoms with E-state index < -0.39 is 0 Å². The molecule has 0 spiro atoms. The van der Waals surface area contributed by atoms with Crippen molar-refractivity contribution < 1.29 is 4.79 Å². The number of carbonyl (C=O) groups is 1. The monoisotopic (exact) mass is 239 g/mol. The molecule has 4 heteroatoms. The Kier molecular flexibility index (Phi) is 4.40. The normalized spacial score (nSPS) is 28.6. The van der Waals surface area contributed by atoms with Crippen LogP contribution in [0, 0.1) is 5.92 Å². The van der Waals surface area contributed by atoms with Crippen molar-refractivity contribution >= 4 is 5.91 Å². The van der Waals surface area contributed by atoms with Crippen LogP contribution in [0.2, 0.25) is 0 Å². The Morgan fingerprint density at radius 2 is 2.12 bits per heavy atom. The van der Waals surface area contributed by atoms with Gasteiger partial charge in [0.2, 0.25) is 5.91 Å². The molecule has 2 rings (SSSR count). The summed E-state index contributed by atoms with van der Waals surface area (Å²) in [5.41, 5.74) is 5.82. The van der Waals surface area contributed by atoms with E-state index in [4.69, 9.17) is 5.73 Å². The van der Waals surface area contributed by atoms with E-state index in [1.807, 2.05) is 0 Å². The minimum Gasteiger partial charge on any atom is -0.355 e. The van der Waals surface area contributed by atoms with Crippen LogP contribution in [-0.4, -0.2) is 42.5 Å². The number of rotatable bonds is 6. The lowest BCUT2D eigenvalue weighted by atomic mass is 10.1. The lowest BCUT2D eigenvalue weighted by Crippen LogP contribution is -2.38. The molecular formula is C13H25N3O. The molecule has 0 heterocycles. The largest absolute Gasteiger partial charge is 0.355 e. The predicted octanol–water partition coefficient (Wildman–Crippen LogP) is 0.714. The van der Waals surface area contributed by atoms with Gasteiger partial charge in [0.25, 0.3) is 0 Å². The third kappa shape index (κ3) is 3.68. The number of hydrogen-bond donors (Lipinski definition) is 2. The minimum absolute atomic E-state index is 0.168. The van der Waals surface area contributed by atoms with Gasteiger partial charge < -0.3 is 11.1 Å². The maximum atomic E-state index is 11.9. The van der Waals surface area contributed by atoms with Gasteiger partial charge in [-0.2, -0.15) is 0 Å². The van der Waals surface area contributed by atoms with Gasteiger partial charge >= 0.3 is 0 Å². The highest BCUT2D eigenvalue weighted by molar-refractivity contribution is 5.78. The molecule has 0 aromatic carbocycles. The fraction of sp³-hybridized carbons (Fsp3) is 0.923. The molecule has 2 aliphatic rings. The predicted molar refractivity (Wildman–Crippen MR) is 68.6 cm³/mol. The van der Waals surface area contributed by atoms with Gasteiger partial charge in [0.15, 0.2) is 0 Å². The third-order valence-corrected chi connectivity index (χ3v) is 4.01. The van der Waals surface area contributed by atoms with Crippen LogP contribution in [0.1, 0.15) is 39.0 Å². The summed E-state index contributed by atoms with van der Waals surface area (Å²) in [7, 11) is 0. The van der Waals surface area contributed by atoms with Crippen LogP contribution < -0.4 is 11.1 Å². The maximum Gasteiger partial charge on any atom is 0.223 e. The van der Waals surface area contributed by atoms with Crippen molar-refractivity contribution in [2.75, 3.05) is 19.6 Å². The number of likely N-dealkylation sites (N-methyl/N-ethyl adjacent to an activating group) is 1. The van der Waals surface area contributed by atoms with E-state index in [9.17, 15) is 4.79 Å². The lowest BCUT2D eigenvalue weighted by Gasteiger charge is -2.20. The molecule has 0 aromatic heterocycles. The highest BCUT2D eigenvalue weighted by Gasteiger charge is 2.29. The number of nitrogens with one attached hydrogen (secondary N) is 1. The summed E-state index contributed by atoms with van der Waals surface area (Å²) in [4.78, 5) is 14.3. The Morgan fingerprint density at radius 3 is 2.65 bits per heavy atom. The second kappa shape index (κ2) is 5.83. The zero-order chi connectivity index (χ0) is 12.3. The topological polar surface area (TPSA) is 58.4 Å². The fourth-order valence-electron chi connectivity index (χ4n) is 2.76. The summed E-state index contributed by atoms with van der Waals surface area (Å²) in [5.74, 6) is 0.380. The van der Waals surface area contributed by atoms with Crippen molar-refractivity contribution in [2.45, 2.75) is 51.1 Å². The van der Waals surface area contributed by atoms with E-state index in [1.165, 1.54) is 12.8 Å². The van der Waals surface area contributed by atoms with Crippen molar-refractivity contribution in [3.63, 3.8) is 0 Å². The summed E-state index contributed by atoms with van der Waals surface area (Å²) in [6.07, 6.45) is 5.50. The van der Waals surface area contributed by atoms with Crippen LogP contribution in [0.5, 0.6) is 0 Å². The van der Waals surface area contributed by atoms with Crippen molar-refractivity contribution in [1.82, 2.24) is 10.2 Å². The van der Waals surface area contributed by atoms with Gasteiger partial charge in [0.05, 0.1) is 0 Å². The van der Waals surface area contributed by atoms with E-state index in [-0.39, 0.29) is 17.9 Å². The van der Waals surface area contributed by atoms with Crippen molar-refractivity contribution in [2.24, 2.45) is 11.7 Å². The first-order chi connectivity index (χ1) is 8.20. The van der Waals surface area contributed by atoms with Crippen LogP contribution in [0.4, 0.5) is 0 Å². The molecule has 2 saturated carbocycles. The molecule has 2 unspecified atom stereocenters. The molecule has 1 amide bonds. The molecular weight excluding hydrogens is 214 g/mol. The first-order valence-corrected chi connectivity index (χ1v) is 6.98. The van der Waals surface area contributed by atoms with Gasteiger partial charge in [-0.3, -0.25) is 9.69 Å². The van der Waals surface area contributed by atoms with E-state index in [2.05, 4.69) is 17.1 Å². The first kappa shape index (κ1) is 12.8. The Bertz CT molecular complexity index is 265. The number of hydrogen-bond acceptors (Lipinski definition) is 3. The smallest absolute Gasteiger partial charge is 0.223 e. The molecule has 2 atom stereocenters. The summed E-state index contributed by atoms with van der Waals surface area (Å²) >= 11 is 0. The molecule has 98 valence electrons. The molecule has 4 nitrogen and oxygen atoms in total. The van der Waals surface area contributed by atoms with Crippen LogP contribution in [0.15, 0.2) is 0 Å². The van der Waals surface area contributed by atoms with E-state index in [1.54, 1.807) is 0 Å². The molecule has 3 N–H and O–H groups in total. The van der Waals surface area contributed by atoms with Crippen molar-refractivity contribution in [3.05, 3.63) is 0 Å². The molecule has 2 aliphatic carbocycles. The average Bonchev–Trinajstić information content (AvgIpc) is 3.06. The zero-order valence-corrected chi connectivity index (χ0v) is 10.8. The van der Waals surface area contributed by atoms with Gasteiger partial charge in [-0.15, -0.1) is 0 Å². The average molecular weight is 239 g/mol. The Hall–Kier alpha value is -0.610. The number of nitrogens with zero attached hydrogens (tertiary/aromatic N) is 1. The zero-order valence-electron chi connectivity index (χ0n) is 10.8. The quantitative estimate of drug-likeness (QED) is 0.718. The van der Waals surface area contributed by atoms with Crippen molar-refractivity contribution in [3.8, 4) is 0 Å². The fourth-order valence-corrected chi connectivity index (χ4v) is 2.76. The molecule has 0 radical (unpaired) electrons. The molecule has 0 aromatic rings. The molecule has 0 aliphatic heterocycles. The second-order valence-corrected chi connectivity index (χ2v) is 5.42. The maximum absolute atomic E-state index is 11.9. The first-order valence-electron chi connectivity index (χ1n) is 6.98. The number of amides is 1. The number of carbonyl (C=O) groups excluding carboxylic acids is 1. The van der Waals surface area contributed by atoms with Crippen LogP contribution in [-0.2, 0) is 4.79 Å². The van der Waals surface area contributed by atoms with Crippen molar-refractivity contribution in [1.29, 1.82) is 0 Å². The molecule has 0 saturated heterocycles. The van der Waals surface area contributed by atoms with E-state index in [0.717, 1.165) is 44.9 Å². The molecule has 0 bridgehead atoms. The molecule has 17 heavy (non-hydrogen) atoms. The minimum atomic E-state index is 0.168.